The summed E-state index contributed by atoms with van der Waals surface area (Å²) in [6, 6.07) is 51.7. The summed E-state index contributed by atoms with van der Waals surface area (Å²) >= 11 is 0. The Kier molecular flexibility index (Phi) is 8.07. The minimum absolute atomic E-state index is 0.0135. The Hall–Kier alpha value is -6.92. The SMILES string of the molecule is CC(C)(C)c1ccc2oc3c(-n4c5ccc(N(C6=CCCC=C6)c6ccccc6)cc5c5cc(N(c6ccccc6)c6ccccc6)ccc54)ncnc3c2c1. The molecule has 0 saturated carbocycles. The van der Waals surface area contributed by atoms with Crippen LogP contribution in [0, 0.1) is 0 Å². The van der Waals surface area contributed by atoms with Crippen molar-refractivity contribution in [3.8, 4) is 5.82 Å². The molecule has 9 aromatic rings. The van der Waals surface area contributed by atoms with Gasteiger partial charge in [-0.2, -0.15) is 0 Å². The number of fused-ring (bicyclic) bond motifs is 6. The van der Waals surface area contributed by atoms with Crippen LogP contribution in [0.4, 0.5) is 28.4 Å². The van der Waals surface area contributed by atoms with E-state index in [1.807, 2.05) is 0 Å². The first-order valence-corrected chi connectivity index (χ1v) is 19.3. The van der Waals surface area contributed by atoms with Gasteiger partial charge in [-0.1, -0.05) is 93.6 Å². The van der Waals surface area contributed by atoms with Gasteiger partial charge in [-0.25, -0.2) is 9.97 Å². The van der Waals surface area contributed by atoms with Crippen molar-refractivity contribution < 1.29 is 4.42 Å². The summed E-state index contributed by atoms with van der Waals surface area (Å²) < 4.78 is 8.92. The smallest absolute Gasteiger partial charge is 0.197 e. The fraction of sp³-hybridized carbons (Fsp3) is 0.120. The van der Waals surface area contributed by atoms with Gasteiger partial charge in [0.05, 0.1) is 11.0 Å². The molecule has 3 aromatic heterocycles. The second-order valence-electron chi connectivity index (χ2n) is 15.5. The third-order valence-electron chi connectivity index (χ3n) is 10.8. The van der Waals surface area contributed by atoms with Gasteiger partial charge in [0.1, 0.15) is 17.4 Å². The molecule has 0 unspecified atom stereocenters. The van der Waals surface area contributed by atoms with Gasteiger partial charge < -0.3 is 14.2 Å². The largest absolute Gasteiger partial charge is 0.450 e. The van der Waals surface area contributed by atoms with Crippen molar-refractivity contribution in [3.05, 3.63) is 181 Å². The van der Waals surface area contributed by atoms with Gasteiger partial charge in [-0.05, 0) is 115 Å². The highest BCUT2D eigenvalue weighted by atomic mass is 16.3. The number of aromatic nitrogens is 3. The molecule has 56 heavy (non-hydrogen) atoms. The van der Waals surface area contributed by atoms with Crippen molar-refractivity contribution in [3.63, 3.8) is 0 Å². The fourth-order valence-corrected chi connectivity index (χ4v) is 8.09. The van der Waals surface area contributed by atoms with Crippen LogP contribution in [0.15, 0.2) is 180 Å². The fourth-order valence-electron chi connectivity index (χ4n) is 8.09. The van der Waals surface area contributed by atoms with Crippen molar-refractivity contribution >= 4 is 72.3 Å². The van der Waals surface area contributed by atoms with E-state index in [4.69, 9.17) is 14.4 Å². The van der Waals surface area contributed by atoms with Gasteiger partial charge in [-0.15, -0.1) is 0 Å². The Bertz CT molecular complexity index is 2910. The molecular formula is C50H41N5O. The molecule has 0 saturated heterocycles. The van der Waals surface area contributed by atoms with Crippen LogP contribution in [0.5, 0.6) is 0 Å². The second-order valence-corrected chi connectivity index (χ2v) is 15.5. The van der Waals surface area contributed by atoms with E-state index in [9.17, 15) is 0 Å². The lowest BCUT2D eigenvalue weighted by Crippen LogP contribution is -2.16. The quantitative estimate of drug-likeness (QED) is 0.164. The molecule has 6 nitrogen and oxygen atoms in total. The van der Waals surface area contributed by atoms with Gasteiger partial charge in [-0.3, -0.25) is 4.57 Å². The minimum Gasteiger partial charge on any atom is -0.450 e. The zero-order valence-electron chi connectivity index (χ0n) is 31.7. The van der Waals surface area contributed by atoms with E-state index in [0.717, 1.165) is 79.6 Å². The number of furan rings is 1. The summed E-state index contributed by atoms with van der Waals surface area (Å²) in [7, 11) is 0. The highest BCUT2D eigenvalue weighted by molar-refractivity contribution is 6.13. The number of rotatable bonds is 7. The Morgan fingerprint density at radius 1 is 0.571 bits per heavy atom. The van der Waals surface area contributed by atoms with Gasteiger partial charge in [0.15, 0.2) is 11.4 Å². The second kappa shape index (κ2) is 13.4. The lowest BCUT2D eigenvalue weighted by atomic mass is 9.86. The maximum Gasteiger partial charge on any atom is 0.197 e. The molecule has 3 heterocycles. The zero-order chi connectivity index (χ0) is 37.8. The number of anilines is 5. The molecule has 0 bridgehead atoms. The predicted molar refractivity (Wildman–Crippen MR) is 232 cm³/mol. The van der Waals surface area contributed by atoms with Crippen LogP contribution in [0.1, 0.15) is 39.2 Å². The third-order valence-corrected chi connectivity index (χ3v) is 10.8. The van der Waals surface area contributed by atoms with E-state index in [0.29, 0.717) is 11.4 Å². The monoisotopic (exact) mass is 727 g/mol. The molecule has 0 radical (unpaired) electrons. The molecule has 0 fully saturated rings. The molecule has 0 N–H and O–H groups in total. The maximum absolute atomic E-state index is 6.67. The average molecular weight is 728 g/mol. The highest BCUT2D eigenvalue weighted by Gasteiger charge is 2.24. The van der Waals surface area contributed by atoms with Gasteiger partial charge in [0.2, 0.25) is 0 Å². The van der Waals surface area contributed by atoms with Gasteiger partial charge >= 0.3 is 0 Å². The Balaban J connectivity index is 1.25. The van der Waals surface area contributed by atoms with Crippen LogP contribution >= 0.6 is 0 Å². The van der Waals surface area contributed by atoms with Crippen LogP contribution in [0.2, 0.25) is 0 Å². The first-order chi connectivity index (χ1) is 27.4. The van der Waals surface area contributed by atoms with E-state index in [-0.39, 0.29) is 5.41 Å². The number of para-hydroxylation sites is 3. The Morgan fingerprint density at radius 2 is 1.16 bits per heavy atom. The van der Waals surface area contributed by atoms with Crippen LogP contribution in [0.3, 0.4) is 0 Å². The topological polar surface area (TPSA) is 50.3 Å². The summed E-state index contributed by atoms with van der Waals surface area (Å²) in [5, 5.41) is 3.21. The summed E-state index contributed by atoms with van der Waals surface area (Å²) in [6.45, 7) is 6.69. The first-order valence-electron chi connectivity index (χ1n) is 19.3. The van der Waals surface area contributed by atoms with Crippen LogP contribution < -0.4 is 9.80 Å². The van der Waals surface area contributed by atoms with Crippen LogP contribution in [0.25, 0.3) is 49.7 Å². The molecular weight excluding hydrogens is 687 g/mol. The zero-order valence-corrected chi connectivity index (χ0v) is 31.7. The molecule has 1 aliphatic rings. The number of hydrogen-bond acceptors (Lipinski definition) is 5. The minimum atomic E-state index is -0.0135. The summed E-state index contributed by atoms with van der Waals surface area (Å²) in [6.07, 6.45) is 10.6. The summed E-state index contributed by atoms with van der Waals surface area (Å²) in [5.74, 6) is 0.713. The molecule has 0 amide bonds. The van der Waals surface area contributed by atoms with Crippen LogP contribution in [-0.4, -0.2) is 14.5 Å². The molecule has 272 valence electrons. The van der Waals surface area contributed by atoms with E-state index in [1.54, 1.807) is 6.33 Å². The standard InChI is InChI=1S/C50H41N5O/c1-50(2,3)34-24-29-46-43(30-34)47-48(56-46)49(52-33-51-47)55-44-27-25-39(53(35-16-8-4-9-17-35)36-18-10-5-11-19-36)31-41(44)42-32-40(26-28-45(42)55)54(37-20-12-6-13-21-37)38-22-14-7-15-23-38/h4-6,8-14,16-33H,7,15H2,1-3H3. The normalized spacial score (nSPS) is 13.2. The van der Waals surface area contributed by atoms with Crippen LogP contribution in [-0.2, 0) is 5.41 Å². The maximum atomic E-state index is 6.67. The Morgan fingerprint density at radius 3 is 1.73 bits per heavy atom. The molecule has 0 spiro atoms. The van der Waals surface area contributed by atoms with Gasteiger partial charge in [0.25, 0.3) is 0 Å². The number of hydrogen-bond donors (Lipinski definition) is 0. The molecule has 1 aliphatic carbocycles. The van der Waals surface area contributed by atoms with Crippen molar-refractivity contribution in [2.24, 2.45) is 0 Å². The number of nitrogens with zero attached hydrogens (tertiary/aromatic N) is 5. The Labute approximate surface area is 326 Å². The van der Waals surface area contributed by atoms with E-state index < -0.39 is 0 Å². The molecule has 6 heteroatoms. The predicted octanol–water partition coefficient (Wildman–Crippen LogP) is 13.6. The first kappa shape index (κ1) is 33.6. The molecule has 6 aromatic carbocycles. The molecule has 10 rings (SSSR count). The molecule has 0 aliphatic heterocycles. The van der Waals surface area contributed by atoms with E-state index in [2.05, 4.69) is 199 Å². The van der Waals surface area contributed by atoms with Gasteiger partial charge in [0, 0.05) is 50.3 Å². The lowest BCUT2D eigenvalue weighted by molar-refractivity contribution is 0.590. The lowest BCUT2D eigenvalue weighted by Gasteiger charge is -2.27. The van der Waals surface area contributed by atoms with Crippen molar-refractivity contribution in [2.75, 3.05) is 9.80 Å². The highest BCUT2D eigenvalue weighted by Crippen LogP contribution is 2.43. The summed E-state index contributed by atoms with van der Waals surface area (Å²) in [4.78, 5) is 14.4. The van der Waals surface area contributed by atoms with Crippen molar-refractivity contribution in [1.29, 1.82) is 0 Å². The van der Waals surface area contributed by atoms with E-state index in [1.165, 1.54) is 11.3 Å². The summed E-state index contributed by atoms with van der Waals surface area (Å²) in [5.41, 5.74) is 12.2. The van der Waals surface area contributed by atoms with Crippen molar-refractivity contribution in [2.45, 2.75) is 39.0 Å². The third kappa shape index (κ3) is 5.73. The number of benzene rings is 6. The number of allylic oxidation sites excluding steroid dienone is 3. The van der Waals surface area contributed by atoms with Crippen molar-refractivity contribution in [1.82, 2.24) is 14.5 Å². The molecule has 0 atom stereocenters. The average Bonchev–Trinajstić information content (AvgIpc) is 3.77. The van der Waals surface area contributed by atoms with E-state index >= 15 is 0 Å².